The molecule has 0 aromatic heterocycles. The highest BCUT2D eigenvalue weighted by atomic mass is 32.2. The van der Waals surface area contributed by atoms with E-state index in [1.54, 1.807) is 0 Å². The zero-order valence-corrected chi connectivity index (χ0v) is 10.5. The molecule has 0 atom stereocenters. The molecular formula is C16H14S. The first kappa shape index (κ1) is 10.7. The highest BCUT2D eigenvalue weighted by molar-refractivity contribution is 7.99. The molecule has 0 aliphatic carbocycles. The molecule has 1 heterocycles. The summed E-state index contributed by atoms with van der Waals surface area (Å²) in [4.78, 5) is 2.80. The minimum absolute atomic E-state index is 0.964. The second-order valence-corrected chi connectivity index (χ2v) is 5.36. The second kappa shape index (κ2) is 4.42. The van der Waals surface area contributed by atoms with Crippen molar-refractivity contribution in [1.82, 2.24) is 0 Å². The third-order valence-corrected chi connectivity index (χ3v) is 4.37. The van der Waals surface area contributed by atoms with Gasteiger partial charge in [0.15, 0.2) is 0 Å². The topological polar surface area (TPSA) is 0 Å². The van der Waals surface area contributed by atoms with Gasteiger partial charge in [0.2, 0.25) is 0 Å². The molecule has 1 heteroatoms. The Morgan fingerprint density at radius 2 is 1.88 bits per heavy atom. The molecule has 3 rings (SSSR count). The van der Waals surface area contributed by atoms with Gasteiger partial charge in [-0.3, -0.25) is 0 Å². The maximum Gasteiger partial charge on any atom is 0.0160 e. The summed E-state index contributed by atoms with van der Waals surface area (Å²) >= 11 is 1.89. The number of benzene rings is 2. The molecule has 0 radical (unpaired) electrons. The number of hydrogen-bond acceptors (Lipinski definition) is 1. The summed E-state index contributed by atoms with van der Waals surface area (Å²) in [5.74, 6) is 0. The summed E-state index contributed by atoms with van der Waals surface area (Å²) in [6.07, 6.45) is 4.01. The summed E-state index contributed by atoms with van der Waals surface area (Å²) in [5.41, 5.74) is 4.34. The van der Waals surface area contributed by atoms with Crippen LogP contribution in [0.5, 0.6) is 0 Å². The molecule has 0 unspecified atom stereocenters. The molecule has 0 bridgehead atoms. The number of fused-ring (bicyclic) bond motifs is 2. The monoisotopic (exact) mass is 238 g/mol. The van der Waals surface area contributed by atoms with Crippen LogP contribution in [0.4, 0.5) is 0 Å². The van der Waals surface area contributed by atoms with E-state index in [1.165, 1.54) is 26.5 Å². The van der Waals surface area contributed by atoms with E-state index in [9.17, 15) is 0 Å². The van der Waals surface area contributed by atoms with Crippen molar-refractivity contribution < 1.29 is 0 Å². The predicted octanol–water partition coefficient (Wildman–Crippen LogP) is 4.47. The van der Waals surface area contributed by atoms with Crippen LogP contribution in [0.1, 0.15) is 16.7 Å². The zero-order valence-electron chi connectivity index (χ0n) is 9.65. The van der Waals surface area contributed by atoms with Crippen molar-refractivity contribution in [1.29, 1.82) is 0 Å². The summed E-state index contributed by atoms with van der Waals surface area (Å²) < 4.78 is 0. The molecule has 84 valence electrons. The Morgan fingerprint density at radius 3 is 2.76 bits per heavy atom. The molecule has 0 N–H and O–H groups in total. The summed E-state index contributed by atoms with van der Waals surface area (Å²) in [7, 11) is 0. The van der Waals surface area contributed by atoms with Gasteiger partial charge < -0.3 is 0 Å². The first-order valence-corrected chi connectivity index (χ1v) is 6.67. The Kier molecular flexibility index (Phi) is 2.77. The lowest BCUT2D eigenvalue weighted by Gasteiger charge is -2.21. The first-order valence-electron chi connectivity index (χ1n) is 5.86. The SMILES string of the molecule is C=CCc1cccc2c1Cc1ccccc1S2. The molecule has 0 saturated carbocycles. The maximum absolute atomic E-state index is 3.84. The van der Waals surface area contributed by atoms with Gasteiger partial charge in [0.1, 0.15) is 0 Å². The van der Waals surface area contributed by atoms with Crippen LogP contribution < -0.4 is 0 Å². The Morgan fingerprint density at radius 1 is 1.06 bits per heavy atom. The van der Waals surface area contributed by atoms with Crippen LogP contribution in [-0.4, -0.2) is 0 Å². The van der Waals surface area contributed by atoms with Crippen molar-refractivity contribution >= 4 is 11.8 Å². The third-order valence-electron chi connectivity index (χ3n) is 3.15. The van der Waals surface area contributed by atoms with E-state index in [0.29, 0.717) is 0 Å². The summed E-state index contributed by atoms with van der Waals surface area (Å²) in [6, 6.07) is 15.3. The first-order chi connectivity index (χ1) is 8.38. The lowest BCUT2D eigenvalue weighted by atomic mass is 9.97. The van der Waals surface area contributed by atoms with Gasteiger partial charge in [-0.15, -0.1) is 6.58 Å². The fourth-order valence-corrected chi connectivity index (χ4v) is 3.44. The minimum atomic E-state index is 0.964. The molecule has 0 fully saturated rings. The largest absolute Gasteiger partial charge is 0.103 e. The summed E-state index contributed by atoms with van der Waals surface area (Å²) in [5, 5.41) is 0. The Balaban J connectivity index is 2.08. The number of rotatable bonds is 2. The van der Waals surface area contributed by atoms with Gasteiger partial charge in [-0.2, -0.15) is 0 Å². The predicted molar refractivity (Wildman–Crippen MR) is 73.7 cm³/mol. The van der Waals surface area contributed by atoms with Crippen LogP contribution in [0.3, 0.4) is 0 Å². The van der Waals surface area contributed by atoms with Crippen molar-refractivity contribution in [3.63, 3.8) is 0 Å². The van der Waals surface area contributed by atoms with Crippen LogP contribution >= 0.6 is 11.8 Å². The third kappa shape index (κ3) is 1.91. The zero-order chi connectivity index (χ0) is 11.7. The molecular weight excluding hydrogens is 224 g/mol. The van der Waals surface area contributed by atoms with Crippen LogP contribution in [-0.2, 0) is 12.8 Å². The molecule has 0 spiro atoms. The van der Waals surface area contributed by atoms with E-state index in [0.717, 1.165) is 12.8 Å². The highest BCUT2D eigenvalue weighted by Gasteiger charge is 2.17. The van der Waals surface area contributed by atoms with Crippen LogP contribution in [0.15, 0.2) is 64.9 Å². The number of allylic oxidation sites excluding steroid dienone is 1. The van der Waals surface area contributed by atoms with Gasteiger partial charge in [0.25, 0.3) is 0 Å². The van der Waals surface area contributed by atoms with E-state index in [4.69, 9.17) is 0 Å². The van der Waals surface area contributed by atoms with E-state index < -0.39 is 0 Å². The molecule has 2 aromatic carbocycles. The lowest BCUT2D eigenvalue weighted by Crippen LogP contribution is -2.03. The van der Waals surface area contributed by atoms with Crippen molar-refractivity contribution in [2.75, 3.05) is 0 Å². The van der Waals surface area contributed by atoms with Gasteiger partial charge in [-0.05, 0) is 41.7 Å². The molecule has 17 heavy (non-hydrogen) atoms. The van der Waals surface area contributed by atoms with Gasteiger partial charge in [-0.25, -0.2) is 0 Å². The fourth-order valence-electron chi connectivity index (χ4n) is 2.31. The van der Waals surface area contributed by atoms with Crippen molar-refractivity contribution in [3.05, 3.63) is 71.8 Å². The fraction of sp³-hybridized carbons (Fsp3) is 0.125. The molecule has 1 aliphatic rings. The quantitative estimate of drug-likeness (QED) is 0.593. The summed E-state index contributed by atoms with van der Waals surface area (Å²) in [6.45, 7) is 3.84. The van der Waals surface area contributed by atoms with E-state index >= 15 is 0 Å². The van der Waals surface area contributed by atoms with Crippen LogP contribution in [0.25, 0.3) is 0 Å². The second-order valence-electron chi connectivity index (χ2n) is 4.27. The van der Waals surface area contributed by atoms with Crippen molar-refractivity contribution in [2.45, 2.75) is 22.6 Å². The smallest absolute Gasteiger partial charge is 0.0160 e. The lowest BCUT2D eigenvalue weighted by molar-refractivity contribution is 1.01. The molecule has 0 amide bonds. The minimum Gasteiger partial charge on any atom is -0.103 e. The van der Waals surface area contributed by atoms with Crippen molar-refractivity contribution in [3.8, 4) is 0 Å². The highest BCUT2D eigenvalue weighted by Crippen LogP contribution is 2.40. The normalized spacial score (nSPS) is 12.7. The maximum atomic E-state index is 3.84. The van der Waals surface area contributed by atoms with Gasteiger partial charge in [0, 0.05) is 9.79 Å². The van der Waals surface area contributed by atoms with Gasteiger partial charge in [-0.1, -0.05) is 48.2 Å². The van der Waals surface area contributed by atoms with Crippen LogP contribution in [0, 0.1) is 0 Å². The average molecular weight is 238 g/mol. The Hall–Kier alpha value is -1.47. The van der Waals surface area contributed by atoms with Crippen molar-refractivity contribution in [2.24, 2.45) is 0 Å². The molecule has 0 nitrogen and oxygen atoms in total. The van der Waals surface area contributed by atoms with E-state index in [1.807, 2.05) is 17.8 Å². The Bertz CT molecular complexity index is 569. The van der Waals surface area contributed by atoms with E-state index in [-0.39, 0.29) is 0 Å². The Labute approximate surface area is 106 Å². The standard InChI is InChI=1S/C16H14S/c1-2-6-12-8-5-10-16-14(12)11-13-7-3-4-9-15(13)17-16/h2-5,7-10H,1,6,11H2. The van der Waals surface area contributed by atoms with Gasteiger partial charge >= 0.3 is 0 Å². The van der Waals surface area contributed by atoms with Gasteiger partial charge in [0.05, 0.1) is 0 Å². The van der Waals surface area contributed by atoms with E-state index in [2.05, 4.69) is 49.0 Å². The average Bonchev–Trinajstić information content (AvgIpc) is 2.37. The molecule has 1 aliphatic heterocycles. The molecule has 2 aromatic rings. The molecule has 0 saturated heterocycles. The number of hydrogen-bond donors (Lipinski definition) is 0. The van der Waals surface area contributed by atoms with Crippen LogP contribution in [0.2, 0.25) is 0 Å².